The molecule has 0 aliphatic heterocycles. The molecule has 0 atom stereocenters. The fraction of sp³-hybridized carbons (Fsp3) is 0. The Bertz CT molecular complexity index is 980. The number of hydrogen-bond acceptors (Lipinski definition) is 5. The van der Waals surface area contributed by atoms with Crippen molar-refractivity contribution in [3.8, 4) is 11.3 Å². The number of nitro benzene ring substituents is 1. The van der Waals surface area contributed by atoms with E-state index in [1.54, 1.807) is 24.3 Å². The number of rotatable bonds is 5. The zero-order valence-corrected chi connectivity index (χ0v) is 14.0. The van der Waals surface area contributed by atoms with Gasteiger partial charge < -0.3 is 4.42 Å². The monoisotopic (exact) mass is 369 g/mol. The Labute approximate surface area is 153 Å². The molecule has 8 heteroatoms. The molecule has 0 spiro atoms. The highest BCUT2D eigenvalue weighted by Crippen LogP contribution is 2.23. The summed E-state index contributed by atoms with van der Waals surface area (Å²) in [6.45, 7) is 0. The molecule has 3 aromatic rings. The van der Waals surface area contributed by atoms with Gasteiger partial charge in [0.25, 0.3) is 11.6 Å². The molecule has 1 aromatic heterocycles. The van der Waals surface area contributed by atoms with E-state index in [2.05, 4.69) is 10.5 Å². The summed E-state index contributed by atoms with van der Waals surface area (Å²) < 4.78 is 5.61. The fourth-order valence-corrected chi connectivity index (χ4v) is 2.36. The highest BCUT2D eigenvalue weighted by Gasteiger charge is 2.18. The van der Waals surface area contributed by atoms with Crippen LogP contribution in [0.3, 0.4) is 0 Å². The van der Waals surface area contributed by atoms with Crippen molar-refractivity contribution in [3.63, 3.8) is 0 Å². The van der Waals surface area contributed by atoms with Crippen molar-refractivity contribution in [2.75, 3.05) is 0 Å². The Balaban J connectivity index is 1.69. The van der Waals surface area contributed by atoms with Gasteiger partial charge in [-0.05, 0) is 42.5 Å². The summed E-state index contributed by atoms with van der Waals surface area (Å²) in [5.41, 5.74) is 2.73. The molecule has 3 rings (SSSR count). The standard InChI is InChI=1S/C18H12ClN3O4/c19-13-7-5-12(6-8-13)17-10-9-14(26-17)11-20-21-18(23)15-3-1-2-4-16(15)22(24)25/h1-11H,(H,21,23). The summed E-state index contributed by atoms with van der Waals surface area (Å²) in [7, 11) is 0. The second-order valence-corrected chi connectivity index (χ2v) is 5.62. The Morgan fingerprint density at radius 3 is 2.58 bits per heavy atom. The molecule has 0 saturated heterocycles. The van der Waals surface area contributed by atoms with E-state index in [4.69, 9.17) is 16.0 Å². The third-order valence-electron chi connectivity index (χ3n) is 3.46. The van der Waals surface area contributed by atoms with Crippen LogP contribution in [0.5, 0.6) is 0 Å². The van der Waals surface area contributed by atoms with Crippen LogP contribution in [0.4, 0.5) is 5.69 Å². The zero-order valence-electron chi connectivity index (χ0n) is 13.3. The van der Waals surface area contributed by atoms with E-state index in [-0.39, 0.29) is 11.3 Å². The quantitative estimate of drug-likeness (QED) is 0.412. The minimum absolute atomic E-state index is 0.0732. The van der Waals surface area contributed by atoms with Gasteiger partial charge in [-0.3, -0.25) is 14.9 Å². The van der Waals surface area contributed by atoms with Crippen LogP contribution in [-0.2, 0) is 0 Å². The van der Waals surface area contributed by atoms with Crippen LogP contribution in [-0.4, -0.2) is 17.0 Å². The predicted octanol–water partition coefficient (Wildman–Crippen LogP) is 4.27. The first kappa shape index (κ1) is 17.4. The number of nitrogens with zero attached hydrogens (tertiary/aromatic N) is 2. The third-order valence-corrected chi connectivity index (χ3v) is 3.71. The van der Waals surface area contributed by atoms with Gasteiger partial charge >= 0.3 is 0 Å². The maximum absolute atomic E-state index is 12.0. The second kappa shape index (κ2) is 7.62. The van der Waals surface area contributed by atoms with Gasteiger partial charge in [-0.1, -0.05) is 23.7 Å². The van der Waals surface area contributed by atoms with Gasteiger partial charge in [-0.15, -0.1) is 0 Å². The van der Waals surface area contributed by atoms with E-state index in [0.29, 0.717) is 16.5 Å². The topological polar surface area (TPSA) is 97.7 Å². The number of hydrogen-bond donors (Lipinski definition) is 1. The molecule has 0 fully saturated rings. The zero-order chi connectivity index (χ0) is 18.5. The molecule has 26 heavy (non-hydrogen) atoms. The lowest BCUT2D eigenvalue weighted by molar-refractivity contribution is -0.385. The molecule has 0 aliphatic rings. The average Bonchev–Trinajstić information content (AvgIpc) is 3.11. The fourth-order valence-electron chi connectivity index (χ4n) is 2.23. The number of carbonyl (C=O) groups is 1. The van der Waals surface area contributed by atoms with Crippen LogP contribution in [0.1, 0.15) is 16.1 Å². The third kappa shape index (κ3) is 3.96. The lowest BCUT2D eigenvalue weighted by Gasteiger charge is -2.00. The first-order valence-electron chi connectivity index (χ1n) is 7.47. The average molecular weight is 370 g/mol. The van der Waals surface area contributed by atoms with E-state index < -0.39 is 10.8 Å². The number of furan rings is 1. The van der Waals surface area contributed by atoms with Crippen molar-refractivity contribution in [2.45, 2.75) is 0 Å². The Hall–Kier alpha value is -3.45. The van der Waals surface area contributed by atoms with Crippen LogP contribution in [0.2, 0.25) is 5.02 Å². The van der Waals surface area contributed by atoms with Crippen LogP contribution in [0.15, 0.2) is 70.2 Å². The molecular formula is C18H12ClN3O4. The first-order chi connectivity index (χ1) is 12.5. The smallest absolute Gasteiger partial charge is 0.282 e. The highest BCUT2D eigenvalue weighted by atomic mass is 35.5. The summed E-state index contributed by atoms with van der Waals surface area (Å²) in [6.07, 6.45) is 1.31. The maximum Gasteiger partial charge on any atom is 0.282 e. The molecule has 130 valence electrons. The first-order valence-corrected chi connectivity index (χ1v) is 7.85. The van der Waals surface area contributed by atoms with Crippen molar-refractivity contribution < 1.29 is 14.1 Å². The lowest BCUT2D eigenvalue weighted by atomic mass is 10.2. The van der Waals surface area contributed by atoms with Crippen molar-refractivity contribution in [1.82, 2.24) is 5.43 Å². The molecule has 1 heterocycles. The molecule has 0 aliphatic carbocycles. The summed E-state index contributed by atoms with van der Waals surface area (Å²) in [6, 6.07) is 16.2. The molecule has 0 radical (unpaired) electrons. The van der Waals surface area contributed by atoms with E-state index in [1.165, 1.54) is 30.5 Å². The van der Waals surface area contributed by atoms with E-state index in [9.17, 15) is 14.9 Å². The van der Waals surface area contributed by atoms with Gasteiger partial charge in [0, 0.05) is 16.7 Å². The molecule has 0 unspecified atom stereocenters. The number of para-hydroxylation sites is 1. The summed E-state index contributed by atoms with van der Waals surface area (Å²) in [5.74, 6) is 0.351. The van der Waals surface area contributed by atoms with E-state index in [1.807, 2.05) is 12.1 Å². The van der Waals surface area contributed by atoms with Crippen LogP contribution in [0.25, 0.3) is 11.3 Å². The van der Waals surface area contributed by atoms with E-state index >= 15 is 0 Å². The number of nitro groups is 1. The van der Waals surface area contributed by atoms with Gasteiger partial charge in [0.05, 0.1) is 11.1 Å². The molecule has 2 aromatic carbocycles. The molecular weight excluding hydrogens is 358 g/mol. The van der Waals surface area contributed by atoms with E-state index in [0.717, 1.165) is 5.56 Å². The van der Waals surface area contributed by atoms with Gasteiger partial charge in [0.1, 0.15) is 17.1 Å². The van der Waals surface area contributed by atoms with Crippen LogP contribution < -0.4 is 5.43 Å². The normalized spacial score (nSPS) is 10.8. The Morgan fingerprint density at radius 1 is 1.12 bits per heavy atom. The highest BCUT2D eigenvalue weighted by molar-refractivity contribution is 6.30. The summed E-state index contributed by atoms with van der Waals surface area (Å²) in [5, 5.41) is 15.3. The van der Waals surface area contributed by atoms with Gasteiger partial charge in [-0.25, -0.2) is 5.43 Å². The summed E-state index contributed by atoms with van der Waals surface area (Å²) >= 11 is 5.85. The number of amides is 1. The Morgan fingerprint density at radius 2 is 1.85 bits per heavy atom. The number of benzene rings is 2. The summed E-state index contributed by atoms with van der Waals surface area (Å²) in [4.78, 5) is 22.4. The lowest BCUT2D eigenvalue weighted by Crippen LogP contribution is -2.18. The van der Waals surface area contributed by atoms with Crippen molar-refractivity contribution >= 4 is 29.4 Å². The largest absolute Gasteiger partial charge is 0.455 e. The second-order valence-electron chi connectivity index (χ2n) is 5.18. The van der Waals surface area contributed by atoms with Crippen LogP contribution in [0, 0.1) is 10.1 Å². The van der Waals surface area contributed by atoms with Gasteiger partial charge in [-0.2, -0.15) is 5.10 Å². The molecule has 1 amide bonds. The van der Waals surface area contributed by atoms with Crippen molar-refractivity contribution in [2.24, 2.45) is 5.10 Å². The van der Waals surface area contributed by atoms with Crippen LogP contribution >= 0.6 is 11.6 Å². The number of nitrogens with one attached hydrogen (secondary N) is 1. The maximum atomic E-state index is 12.0. The molecule has 0 bridgehead atoms. The van der Waals surface area contributed by atoms with Crippen molar-refractivity contribution in [1.29, 1.82) is 0 Å². The number of halogens is 1. The number of hydrazone groups is 1. The minimum Gasteiger partial charge on any atom is -0.455 e. The molecule has 7 nitrogen and oxygen atoms in total. The molecule has 0 saturated carbocycles. The number of carbonyl (C=O) groups excluding carboxylic acids is 1. The van der Waals surface area contributed by atoms with Gasteiger partial charge in [0.2, 0.25) is 0 Å². The van der Waals surface area contributed by atoms with Gasteiger partial charge in [0.15, 0.2) is 0 Å². The SMILES string of the molecule is O=C(NN=Cc1ccc(-c2ccc(Cl)cc2)o1)c1ccccc1[N+](=O)[O-]. The minimum atomic E-state index is -0.682. The predicted molar refractivity (Wildman–Crippen MR) is 97.3 cm³/mol. The molecule has 1 N–H and O–H groups in total. The van der Waals surface area contributed by atoms with Crippen molar-refractivity contribution in [3.05, 3.63) is 87.1 Å². The Kier molecular flexibility index (Phi) is 5.09.